The van der Waals surface area contributed by atoms with Crippen LogP contribution in [0.15, 0.2) is 35.7 Å². The van der Waals surface area contributed by atoms with Gasteiger partial charge in [-0.2, -0.15) is 0 Å². The zero-order valence-corrected chi connectivity index (χ0v) is 12.7. The minimum atomic E-state index is -0.349. The molecular weight excluding hydrogens is 282 g/mol. The van der Waals surface area contributed by atoms with E-state index in [1.807, 2.05) is 35.7 Å². The van der Waals surface area contributed by atoms with Gasteiger partial charge in [-0.3, -0.25) is 4.79 Å². The van der Waals surface area contributed by atoms with Crippen molar-refractivity contribution in [3.63, 3.8) is 0 Å². The van der Waals surface area contributed by atoms with Crippen LogP contribution in [0.2, 0.25) is 0 Å². The van der Waals surface area contributed by atoms with Gasteiger partial charge in [0.1, 0.15) is 0 Å². The van der Waals surface area contributed by atoms with Crippen molar-refractivity contribution in [3.05, 3.63) is 57.3 Å². The van der Waals surface area contributed by atoms with Gasteiger partial charge < -0.3 is 10.4 Å². The standard InChI is InChI=1S/C17H19NO2S/c19-10-15(12-6-2-1-3-7-12)18-17(20)14-11-21-16-9-5-4-8-13(14)16/h1-3,6-7,11,15,19H,4-5,8-10H2,(H,18,20)/t15-/m1/s1. The maximum absolute atomic E-state index is 12.5. The Labute approximate surface area is 128 Å². The third kappa shape index (κ3) is 3.01. The zero-order chi connectivity index (χ0) is 14.7. The van der Waals surface area contributed by atoms with E-state index in [1.165, 1.54) is 16.9 Å². The molecule has 0 spiro atoms. The molecule has 1 amide bonds. The number of amides is 1. The molecule has 1 aromatic carbocycles. The van der Waals surface area contributed by atoms with Crippen LogP contribution in [0.4, 0.5) is 0 Å². The Hall–Kier alpha value is -1.65. The van der Waals surface area contributed by atoms with Crippen molar-refractivity contribution >= 4 is 17.2 Å². The normalized spacial score (nSPS) is 15.3. The highest BCUT2D eigenvalue weighted by atomic mass is 32.1. The second kappa shape index (κ2) is 6.41. The lowest BCUT2D eigenvalue weighted by molar-refractivity contribution is 0.0915. The van der Waals surface area contributed by atoms with E-state index in [0.717, 1.165) is 30.4 Å². The van der Waals surface area contributed by atoms with E-state index in [2.05, 4.69) is 5.32 Å². The second-order valence-electron chi connectivity index (χ2n) is 5.38. The summed E-state index contributed by atoms with van der Waals surface area (Å²) in [6, 6.07) is 9.24. The third-order valence-corrected chi connectivity index (χ3v) is 5.08. The first-order chi connectivity index (χ1) is 10.3. The summed E-state index contributed by atoms with van der Waals surface area (Å²) in [7, 11) is 0. The summed E-state index contributed by atoms with van der Waals surface area (Å²) in [5.41, 5.74) is 2.94. The summed E-state index contributed by atoms with van der Waals surface area (Å²) < 4.78 is 0. The van der Waals surface area contributed by atoms with Crippen LogP contribution < -0.4 is 5.32 Å². The Kier molecular flexibility index (Phi) is 4.36. The molecule has 1 aliphatic carbocycles. The highest BCUT2D eigenvalue weighted by Crippen LogP contribution is 2.30. The molecule has 0 unspecified atom stereocenters. The Bertz CT molecular complexity index is 621. The van der Waals surface area contributed by atoms with Gasteiger partial charge in [0, 0.05) is 10.3 Å². The van der Waals surface area contributed by atoms with Crippen molar-refractivity contribution in [2.24, 2.45) is 0 Å². The van der Waals surface area contributed by atoms with Crippen LogP contribution in [0.3, 0.4) is 0 Å². The van der Waals surface area contributed by atoms with E-state index in [9.17, 15) is 9.90 Å². The van der Waals surface area contributed by atoms with Crippen LogP contribution in [0, 0.1) is 0 Å². The number of aliphatic hydroxyl groups excluding tert-OH is 1. The lowest BCUT2D eigenvalue weighted by Gasteiger charge is -2.18. The topological polar surface area (TPSA) is 49.3 Å². The molecule has 110 valence electrons. The summed E-state index contributed by atoms with van der Waals surface area (Å²) in [4.78, 5) is 13.9. The van der Waals surface area contributed by atoms with Gasteiger partial charge >= 0.3 is 0 Å². The summed E-state index contributed by atoms with van der Waals surface area (Å²) in [6.45, 7) is -0.0952. The maximum Gasteiger partial charge on any atom is 0.252 e. The quantitative estimate of drug-likeness (QED) is 0.911. The van der Waals surface area contributed by atoms with Crippen LogP contribution in [-0.2, 0) is 12.8 Å². The van der Waals surface area contributed by atoms with Gasteiger partial charge in [-0.25, -0.2) is 0 Å². The van der Waals surface area contributed by atoms with Crippen LogP contribution in [-0.4, -0.2) is 17.6 Å². The molecule has 0 saturated heterocycles. The van der Waals surface area contributed by atoms with Crippen molar-refractivity contribution < 1.29 is 9.90 Å². The molecule has 1 atom stereocenters. The van der Waals surface area contributed by atoms with Gasteiger partial charge in [0.05, 0.1) is 18.2 Å². The molecule has 0 saturated carbocycles. The fourth-order valence-electron chi connectivity index (χ4n) is 2.84. The number of hydrogen-bond acceptors (Lipinski definition) is 3. The highest BCUT2D eigenvalue weighted by molar-refractivity contribution is 7.10. The first-order valence-electron chi connectivity index (χ1n) is 7.35. The molecule has 3 nitrogen and oxygen atoms in total. The van der Waals surface area contributed by atoms with Crippen LogP contribution >= 0.6 is 11.3 Å². The number of aliphatic hydroxyl groups is 1. The molecule has 1 heterocycles. The molecule has 1 aliphatic rings. The van der Waals surface area contributed by atoms with E-state index in [1.54, 1.807) is 11.3 Å². The molecule has 0 fully saturated rings. The molecule has 1 aromatic heterocycles. The smallest absolute Gasteiger partial charge is 0.252 e. The lowest BCUT2D eigenvalue weighted by Crippen LogP contribution is -2.31. The van der Waals surface area contributed by atoms with Crippen molar-refractivity contribution in [1.29, 1.82) is 0 Å². The van der Waals surface area contributed by atoms with Gasteiger partial charge in [0.25, 0.3) is 5.91 Å². The first kappa shape index (κ1) is 14.3. The van der Waals surface area contributed by atoms with Crippen LogP contribution in [0.1, 0.15) is 45.2 Å². The fraction of sp³-hybridized carbons (Fsp3) is 0.353. The van der Waals surface area contributed by atoms with E-state index >= 15 is 0 Å². The average molecular weight is 301 g/mol. The molecule has 4 heteroatoms. The predicted molar refractivity (Wildman–Crippen MR) is 84.7 cm³/mol. The summed E-state index contributed by atoms with van der Waals surface area (Å²) in [6.07, 6.45) is 4.47. The van der Waals surface area contributed by atoms with Crippen molar-refractivity contribution in [2.75, 3.05) is 6.61 Å². The first-order valence-corrected chi connectivity index (χ1v) is 8.23. The number of carbonyl (C=O) groups is 1. The van der Waals surface area contributed by atoms with E-state index < -0.39 is 0 Å². The molecular formula is C17H19NO2S. The largest absolute Gasteiger partial charge is 0.394 e. The van der Waals surface area contributed by atoms with Crippen LogP contribution in [0.5, 0.6) is 0 Å². The fourth-order valence-corrected chi connectivity index (χ4v) is 3.97. The number of benzene rings is 1. The minimum absolute atomic E-state index is 0.0719. The van der Waals surface area contributed by atoms with Gasteiger partial charge in [-0.15, -0.1) is 11.3 Å². The molecule has 0 bridgehead atoms. The van der Waals surface area contributed by atoms with Crippen molar-refractivity contribution in [2.45, 2.75) is 31.7 Å². The zero-order valence-electron chi connectivity index (χ0n) is 11.8. The Morgan fingerprint density at radius 1 is 1.24 bits per heavy atom. The Morgan fingerprint density at radius 3 is 2.76 bits per heavy atom. The monoisotopic (exact) mass is 301 g/mol. The summed E-state index contributed by atoms with van der Waals surface area (Å²) in [5, 5.41) is 14.5. The summed E-state index contributed by atoms with van der Waals surface area (Å²) >= 11 is 1.69. The van der Waals surface area contributed by atoms with Gasteiger partial charge in [0.2, 0.25) is 0 Å². The van der Waals surface area contributed by atoms with Crippen LogP contribution in [0.25, 0.3) is 0 Å². The minimum Gasteiger partial charge on any atom is -0.394 e. The molecule has 0 aliphatic heterocycles. The number of thiophene rings is 1. The van der Waals surface area contributed by atoms with E-state index in [0.29, 0.717) is 0 Å². The highest BCUT2D eigenvalue weighted by Gasteiger charge is 2.22. The number of rotatable bonds is 4. The van der Waals surface area contributed by atoms with Gasteiger partial charge in [-0.1, -0.05) is 30.3 Å². The molecule has 21 heavy (non-hydrogen) atoms. The maximum atomic E-state index is 12.5. The van der Waals surface area contributed by atoms with Crippen molar-refractivity contribution in [3.8, 4) is 0 Å². The van der Waals surface area contributed by atoms with Gasteiger partial charge in [0.15, 0.2) is 0 Å². The number of aryl methyl sites for hydroxylation is 1. The molecule has 3 rings (SSSR count). The number of fused-ring (bicyclic) bond motifs is 1. The van der Waals surface area contributed by atoms with E-state index in [-0.39, 0.29) is 18.6 Å². The number of carbonyl (C=O) groups excluding carboxylic acids is 1. The average Bonchev–Trinajstić information content (AvgIpc) is 2.97. The predicted octanol–water partition coefficient (Wildman–Crippen LogP) is 3.09. The second-order valence-corrected chi connectivity index (χ2v) is 6.34. The Balaban J connectivity index is 1.78. The van der Waals surface area contributed by atoms with E-state index in [4.69, 9.17) is 0 Å². The molecule has 2 N–H and O–H groups in total. The lowest BCUT2D eigenvalue weighted by atomic mass is 9.95. The van der Waals surface area contributed by atoms with Crippen molar-refractivity contribution in [1.82, 2.24) is 5.32 Å². The molecule has 2 aromatic rings. The Morgan fingerprint density at radius 2 is 2.00 bits per heavy atom. The SMILES string of the molecule is O=C(N[C@H](CO)c1ccccc1)c1csc2c1CCCC2. The molecule has 0 radical (unpaired) electrons. The van der Waals surface area contributed by atoms with Gasteiger partial charge in [-0.05, 0) is 36.8 Å². The number of nitrogens with one attached hydrogen (secondary N) is 1. The summed E-state index contributed by atoms with van der Waals surface area (Å²) in [5.74, 6) is -0.0719. The number of hydrogen-bond donors (Lipinski definition) is 2. The third-order valence-electron chi connectivity index (χ3n) is 4.00.